The number of primary amides is 1. The van der Waals surface area contributed by atoms with Crippen LogP contribution >= 0.6 is 0 Å². The van der Waals surface area contributed by atoms with Crippen LogP contribution in [0, 0.1) is 18.8 Å². The molecular weight excluding hydrogens is 432 g/mol. The molecular formula is C23H26N2O8. The lowest BCUT2D eigenvalue weighted by molar-refractivity contribution is -0.169. The Morgan fingerprint density at radius 3 is 2.30 bits per heavy atom. The summed E-state index contributed by atoms with van der Waals surface area (Å²) in [5, 5.41) is 55.3. The number of carbonyl (C=O) groups is 3. The first-order chi connectivity index (χ1) is 15.3. The van der Waals surface area contributed by atoms with Crippen molar-refractivity contribution in [1.29, 1.82) is 0 Å². The minimum Gasteiger partial charge on any atom is -0.508 e. The SMILES string of the molecule is Cc1cc(O)c2c(c1)[C@@H](C)[C@H]1C(=C2O)C(=O)[C@@]2(O)C(O)=C(C(N)=O)C(=O)[C@H](N(C)C)[C@H]2[C@@H]1O. The van der Waals surface area contributed by atoms with Gasteiger partial charge in [-0.3, -0.25) is 19.3 Å². The van der Waals surface area contributed by atoms with Crippen molar-refractivity contribution in [3.63, 3.8) is 0 Å². The fourth-order valence-corrected chi connectivity index (χ4v) is 5.79. The number of hydrogen-bond acceptors (Lipinski definition) is 9. The molecule has 1 saturated carbocycles. The van der Waals surface area contributed by atoms with Gasteiger partial charge in [-0.1, -0.05) is 13.0 Å². The van der Waals surface area contributed by atoms with Crippen LogP contribution in [-0.4, -0.2) is 79.7 Å². The number of aromatic hydroxyl groups is 1. The third-order valence-electron chi connectivity index (χ3n) is 7.21. The van der Waals surface area contributed by atoms with Gasteiger partial charge in [-0.2, -0.15) is 0 Å². The van der Waals surface area contributed by atoms with E-state index in [0.29, 0.717) is 11.1 Å². The molecule has 6 atom stereocenters. The molecule has 4 rings (SSSR count). The summed E-state index contributed by atoms with van der Waals surface area (Å²) in [4.78, 5) is 40.1. The molecule has 10 nitrogen and oxygen atoms in total. The van der Waals surface area contributed by atoms with Gasteiger partial charge >= 0.3 is 0 Å². The van der Waals surface area contributed by atoms with Crippen LogP contribution in [0.2, 0.25) is 0 Å². The minimum absolute atomic E-state index is 0.0170. The van der Waals surface area contributed by atoms with Gasteiger partial charge in [-0.25, -0.2) is 0 Å². The van der Waals surface area contributed by atoms with E-state index in [1.165, 1.54) is 25.1 Å². The van der Waals surface area contributed by atoms with Crippen LogP contribution in [0.25, 0.3) is 5.76 Å². The summed E-state index contributed by atoms with van der Waals surface area (Å²) in [6.07, 6.45) is -1.59. The average Bonchev–Trinajstić information content (AvgIpc) is 2.70. The highest BCUT2D eigenvalue weighted by Crippen LogP contribution is 2.56. The maximum Gasteiger partial charge on any atom is 0.255 e. The van der Waals surface area contributed by atoms with Crippen molar-refractivity contribution in [2.75, 3.05) is 14.1 Å². The molecule has 1 fully saturated rings. The molecule has 0 aliphatic heterocycles. The molecule has 10 heteroatoms. The van der Waals surface area contributed by atoms with Crippen LogP contribution in [0.15, 0.2) is 29.0 Å². The number of rotatable bonds is 2. The zero-order valence-electron chi connectivity index (χ0n) is 18.5. The van der Waals surface area contributed by atoms with E-state index in [4.69, 9.17) is 5.73 Å². The first-order valence-corrected chi connectivity index (χ1v) is 10.4. The summed E-state index contributed by atoms with van der Waals surface area (Å²) in [5.74, 6) is -8.86. The van der Waals surface area contributed by atoms with Gasteiger partial charge in [0.1, 0.15) is 22.8 Å². The predicted octanol–water partition coefficient (Wildman–Crippen LogP) is -0.196. The van der Waals surface area contributed by atoms with E-state index in [1.807, 2.05) is 0 Å². The van der Waals surface area contributed by atoms with E-state index in [9.17, 15) is 39.9 Å². The molecule has 0 unspecified atom stereocenters. The van der Waals surface area contributed by atoms with E-state index in [-0.39, 0.29) is 11.3 Å². The van der Waals surface area contributed by atoms with E-state index < -0.39 is 75.6 Å². The third-order valence-corrected chi connectivity index (χ3v) is 7.21. The minimum atomic E-state index is -2.90. The number of likely N-dealkylation sites (N-methyl/N-ethyl adjacent to an activating group) is 1. The number of carbonyl (C=O) groups excluding carboxylic acids is 3. The highest BCUT2D eigenvalue weighted by Gasteiger charge is 2.68. The van der Waals surface area contributed by atoms with Crippen LogP contribution < -0.4 is 5.73 Å². The molecule has 1 aromatic rings. The third kappa shape index (κ3) is 2.74. The summed E-state index contributed by atoms with van der Waals surface area (Å²) in [6, 6.07) is 1.74. The van der Waals surface area contributed by atoms with Gasteiger partial charge < -0.3 is 31.3 Å². The Labute approximate surface area is 189 Å². The molecule has 1 amide bonds. The normalized spacial score (nSPS) is 33.7. The van der Waals surface area contributed by atoms with Crippen molar-refractivity contribution in [2.24, 2.45) is 17.6 Å². The van der Waals surface area contributed by atoms with Gasteiger partial charge in [0.2, 0.25) is 5.78 Å². The number of ketones is 2. The Morgan fingerprint density at radius 1 is 1.15 bits per heavy atom. The Morgan fingerprint density at radius 2 is 1.76 bits per heavy atom. The molecule has 3 aliphatic rings. The maximum atomic E-state index is 13.7. The van der Waals surface area contributed by atoms with Crippen molar-refractivity contribution < 1.29 is 39.9 Å². The number of nitrogens with zero attached hydrogens (tertiary/aromatic N) is 1. The number of amides is 1. The number of fused-ring (bicyclic) bond motifs is 3. The Hall–Kier alpha value is -3.21. The van der Waals surface area contributed by atoms with Crippen LogP contribution in [0.1, 0.15) is 29.5 Å². The Kier molecular flexibility index (Phi) is 4.97. The molecule has 1 aromatic carbocycles. The number of aliphatic hydroxyl groups excluding tert-OH is 3. The molecule has 0 radical (unpaired) electrons. The summed E-state index contributed by atoms with van der Waals surface area (Å²) < 4.78 is 0. The number of nitrogens with two attached hydrogens (primary N) is 1. The van der Waals surface area contributed by atoms with Crippen molar-refractivity contribution >= 4 is 23.2 Å². The largest absolute Gasteiger partial charge is 0.508 e. The molecule has 0 spiro atoms. The number of hydrogen-bond donors (Lipinski definition) is 6. The fraction of sp³-hybridized carbons (Fsp3) is 0.435. The van der Waals surface area contributed by atoms with Gasteiger partial charge in [-0.15, -0.1) is 0 Å². The second-order valence-corrected chi connectivity index (χ2v) is 9.30. The molecule has 7 N–H and O–H groups in total. The van der Waals surface area contributed by atoms with Crippen LogP contribution in [0.3, 0.4) is 0 Å². The van der Waals surface area contributed by atoms with Crippen LogP contribution in [0.4, 0.5) is 0 Å². The van der Waals surface area contributed by atoms with E-state index in [1.54, 1.807) is 19.9 Å². The lowest BCUT2D eigenvalue weighted by Gasteiger charge is -2.53. The monoisotopic (exact) mass is 458 g/mol. The van der Waals surface area contributed by atoms with Crippen LogP contribution in [0.5, 0.6) is 5.75 Å². The number of benzene rings is 1. The van der Waals surface area contributed by atoms with Crippen LogP contribution in [-0.2, 0) is 14.4 Å². The number of aryl methyl sites for hydroxylation is 1. The summed E-state index contributed by atoms with van der Waals surface area (Å²) in [5.41, 5.74) is 2.19. The lowest BCUT2D eigenvalue weighted by atomic mass is 9.54. The quantitative estimate of drug-likeness (QED) is 0.327. The highest BCUT2D eigenvalue weighted by atomic mass is 16.4. The topological polar surface area (TPSA) is 182 Å². The second kappa shape index (κ2) is 7.14. The first-order valence-electron chi connectivity index (χ1n) is 10.4. The number of aliphatic hydroxyl groups is 4. The number of phenols is 1. The predicted molar refractivity (Wildman–Crippen MR) is 115 cm³/mol. The number of phenolic OH excluding ortho intramolecular Hbond substituents is 1. The molecule has 33 heavy (non-hydrogen) atoms. The average molecular weight is 458 g/mol. The van der Waals surface area contributed by atoms with Gasteiger partial charge in [0.05, 0.1) is 23.6 Å². The molecule has 3 aliphatic carbocycles. The summed E-state index contributed by atoms with van der Waals surface area (Å²) in [7, 11) is 2.93. The first kappa shape index (κ1) is 23.0. The van der Waals surface area contributed by atoms with Crippen molar-refractivity contribution in [1.82, 2.24) is 4.90 Å². The molecule has 0 saturated heterocycles. The molecule has 0 bridgehead atoms. The Bertz CT molecular complexity index is 1180. The number of Topliss-reactive ketones (excluding diaryl/α,β-unsaturated/α-hetero) is 2. The molecule has 0 heterocycles. The van der Waals surface area contributed by atoms with Gasteiger partial charge in [0.25, 0.3) is 5.91 Å². The zero-order chi connectivity index (χ0) is 24.7. The zero-order valence-corrected chi connectivity index (χ0v) is 18.5. The van der Waals surface area contributed by atoms with Gasteiger partial charge in [0, 0.05) is 11.5 Å². The van der Waals surface area contributed by atoms with Gasteiger partial charge in [0.15, 0.2) is 11.4 Å². The highest BCUT2D eigenvalue weighted by molar-refractivity contribution is 6.24. The van der Waals surface area contributed by atoms with E-state index >= 15 is 0 Å². The lowest BCUT2D eigenvalue weighted by Crippen LogP contribution is -2.70. The summed E-state index contributed by atoms with van der Waals surface area (Å²) >= 11 is 0. The molecule has 176 valence electrons. The van der Waals surface area contributed by atoms with E-state index in [0.717, 1.165) is 0 Å². The van der Waals surface area contributed by atoms with Crippen molar-refractivity contribution in [3.05, 3.63) is 45.7 Å². The standard InChI is InChI=1S/C23H26N2O8/c1-7-5-9-8(2)11-13(17(27)12(9)10(26)6-7)20(30)23(33)15(18(11)28)16(25(3)4)19(29)14(21(23)31)22(24)32/h5-6,8,11,15-16,18,26-28,31,33H,1-4H3,(H2,24,32)/t8-,11+,15+,16-,18-,23-/m1/s1. The smallest absolute Gasteiger partial charge is 0.255 e. The van der Waals surface area contributed by atoms with E-state index in [2.05, 4.69) is 0 Å². The van der Waals surface area contributed by atoms with Crippen molar-refractivity contribution in [3.8, 4) is 5.75 Å². The second-order valence-electron chi connectivity index (χ2n) is 9.30. The molecule has 0 aromatic heterocycles. The maximum absolute atomic E-state index is 13.7. The summed E-state index contributed by atoms with van der Waals surface area (Å²) in [6.45, 7) is 3.43. The van der Waals surface area contributed by atoms with Crippen molar-refractivity contribution in [2.45, 2.75) is 37.5 Å². The van der Waals surface area contributed by atoms with Gasteiger partial charge in [-0.05, 0) is 44.1 Å². The fourth-order valence-electron chi connectivity index (χ4n) is 5.79. The Balaban J connectivity index is 2.07.